The van der Waals surface area contributed by atoms with Crippen LogP contribution in [0, 0.1) is 5.92 Å². The van der Waals surface area contributed by atoms with Crippen molar-refractivity contribution in [2.75, 3.05) is 6.54 Å². The van der Waals surface area contributed by atoms with Crippen molar-refractivity contribution in [3.05, 3.63) is 29.8 Å². The van der Waals surface area contributed by atoms with Gasteiger partial charge >= 0.3 is 0 Å². The first-order valence-corrected chi connectivity index (χ1v) is 5.82. The summed E-state index contributed by atoms with van der Waals surface area (Å²) in [7, 11) is 0. The molecule has 4 heteroatoms. The summed E-state index contributed by atoms with van der Waals surface area (Å²) in [5.41, 5.74) is 6.40. The van der Waals surface area contributed by atoms with E-state index in [-0.39, 0.29) is 17.7 Å². The molecule has 0 heterocycles. The van der Waals surface area contributed by atoms with Crippen molar-refractivity contribution in [1.29, 1.82) is 0 Å². The van der Waals surface area contributed by atoms with Crippen molar-refractivity contribution in [1.82, 2.24) is 5.32 Å². The van der Waals surface area contributed by atoms with E-state index in [9.17, 15) is 4.79 Å². The topological polar surface area (TPSA) is 75.3 Å². The Morgan fingerprint density at radius 1 is 1.35 bits per heavy atom. The fraction of sp³-hybridized carbons (Fsp3) is 0.462. The Kier molecular flexibility index (Phi) is 4.97. The molecule has 4 N–H and O–H groups in total. The Hall–Kier alpha value is -1.55. The molecule has 1 aromatic carbocycles. The first-order chi connectivity index (χ1) is 7.99. The molecule has 0 aliphatic carbocycles. The lowest BCUT2D eigenvalue weighted by atomic mass is 10.0. The van der Waals surface area contributed by atoms with E-state index in [1.165, 1.54) is 12.1 Å². The van der Waals surface area contributed by atoms with Crippen molar-refractivity contribution in [3.8, 4) is 5.75 Å². The maximum atomic E-state index is 11.7. The number of rotatable bonds is 5. The second-order valence-corrected chi connectivity index (χ2v) is 4.65. The number of aromatic hydroxyl groups is 1. The van der Waals surface area contributed by atoms with Crippen molar-refractivity contribution in [3.63, 3.8) is 0 Å². The molecular formula is C13H20N2O2. The number of carbonyl (C=O) groups is 1. The van der Waals surface area contributed by atoms with Crippen LogP contribution >= 0.6 is 0 Å². The van der Waals surface area contributed by atoms with E-state index >= 15 is 0 Å². The molecule has 0 spiro atoms. The highest BCUT2D eigenvalue weighted by atomic mass is 16.3. The molecule has 0 fully saturated rings. The molecule has 4 nitrogen and oxygen atoms in total. The van der Waals surface area contributed by atoms with Crippen LogP contribution in [0.1, 0.15) is 30.6 Å². The van der Waals surface area contributed by atoms with Gasteiger partial charge in [0.05, 0.1) is 0 Å². The first kappa shape index (κ1) is 13.5. The average molecular weight is 236 g/mol. The molecule has 1 atom stereocenters. The van der Waals surface area contributed by atoms with E-state index in [1.807, 2.05) is 0 Å². The molecule has 0 saturated heterocycles. The van der Waals surface area contributed by atoms with E-state index in [1.54, 1.807) is 12.1 Å². The number of benzene rings is 1. The maximum Gasteiger partial charge on any atom is 0.251 e. The van der Waals surface area contributed by atoms with Crippen LogP contribution in [0.2, 0.25) is 0 Å². The van der Waals surface area contributed by atoms with Gasteiger partial charge in [-0.25, -0.2) is 0 Å². The lowest BCUT2D eigenvalue weighted by Gasteiger charge is -2.14. The van der Waals surface area contributed by atoms with E-state index in [4.69, 9.17) is 10.8 Å². The predicted octanol–water partition coefficient (Wildman–Crippen LogP) is 1.50. The third kappa shape index (κ3) is 4.87. The third-order valence-electron chi connectivity index (χ3n) is 2.43. The fourth-order valence-corrected chi connectivity index (χ4v) is 1.63. The summed E-state index contributed by atoms with van der Waals surface area (Å²) in [5.74, 6) is 0.512. The predicted molar refractivity (Wildman–Crippen MR) is 67.9 cm³/mol. The number of nitrogens with two attached hydrogens (primary N) is 1. The summed E-state index contributed by atoms with van der Waals surface area (Å²) in [6, 6.07) is 6.12. The lowest BCUT2D eigenvalue weighted by molar-refractivity contribution is 0.0950. The lowest BCUT2D eigenvalue weighted by Crippen LogP contribution is -2.37. The van der Waals surface area contributed by atoms with Crippen LogP contribution in [0.25, 0.3) is 0 Å². The Morgan fingerprint density at radius 2 is 1.94 bits per heavy atom. The van der Waals surface area contributed by atoms with Crippen molar-refractivity contribution in [2.24, 2.45) is 11.7 Å². The standard InChI is InChI=1S/C13H20N2O2/c1-9(2)7-11(14)8-15-13(17)10-3-5-12(16)6-4-10/h3-6,9,11,16H,7-8,14H2,1-2H3,(H,15,17). The van der Waals surface area contributed by atoms with Gasteiger partial charge in [-0.3, -0.25) is 4.79 Å². The molecule has 0 aromatic heterocycles. The number of carbonyl (C=O) groups excluding carboxylic acids is 1. The van der Waals surface area contributed by atoms with E-state index in [0.717, 1.165) is 6.42 Å². The molecule has 1 aromatic rings. The van der Waals surface area contributed by atoms with Gasteiger partial charge in [-0.2, -0.15) is 0 Å². The quantitative estimate of drug-likeness (QED) is 0.725. The zero-order valence-electron chi connectivity index (χ0n) is 10.3. The molecule has 1 unspecified atom stereocenters. The highest BCUT2D eigenvalue weighted by Crippen LogP contribution is 2.09. The summed E-state index contributed by atoms with van der Waals surface area (Å²) in [6.45, 7) is 4.67. The van der Waals surface area contributed by atoms with Crippen LogP contribution in [0.15, 0.2) is 24.3 Å². The second kappa shape index (κ2) is 6.25. The van der Waals surface area contributed by atoms with Crippen LogP contribution in [-0.4, -0.2) is 23.6 Å². The van der Waals surface area contributed by atoms with Crippen LogP contribution in [0.5, 0.6) is 5.75 Å². The minimum atomic E-state index is -0.163. The molecule has 17 heavy (non-hydrogen) atoms. The van der Waals surface area contributed by atoms with Gasteiger partial charge in [0.15, 0.2) is 0 Å². The van der Waals surface area contributed by atoms with Gasteiger partial charge in [-0.05, 0) is 36.6 Å². The van der Waals surface area contributed by atoms with Gasteiger partial charge in [0.1, 0.15) is 5.75 Å². The summed E-state index contributed by atoms with van der Waals surface area (Å²) in [6.07, 6.45) is 0.885. The first-order valence-electron chi connectivity index (χ1n) is 5.82. The van der Waals surface area contributed by atoms with Gasteiger partial charge in [0.25, 0.3) is 5.91 Å². The number of amides is 1. The molecule has 1 amide bonds. The van der Waals surface area contributed by atoms with Crippen LogP contribution in [0.4, 0.5) is 0 Å². The summed E-state index contributed by atoms with van der Waals surface area (Å²) in [5, 5.41) is 11.9. The van der Waals surface area contributed by atoms with E-state index in [0.29, 0.717) is 18.0 Å². The summed E-state index contributed by atoms with van der Waals surface area (Å²) < 4.78 is 0. The SMILES string of the molecule is CC(C)CC(N)CNC(=O)c1ccc(O)cc1. The van der Waals surface area contributed by atoms with Gasteiger partial charge in [-0.1, -0.05) is 13.8 Å². The molecule has 0 saturated carbocycles. The highest BCUT2D eigenvalue weighted by Gasteiger charge is 2.09. The second-order valence-electron chi connectivity index (χ2n) is 4.65. The maximum absolute atomic E-state index is 11.7. The van der Waals surface area contributed by atoms with Gasteiger partial charge < -0.3 is 16.2 Å². The van der Waals surface area contributed by atoms with Crippen LogP contribution in [-0.2, 0) is 0 Å². The minimum absolute atomic E-state index is 0.0175. The molecule has 0 aliphatic rings. The summed E-state index contributed by atoms with van der Waals surface area (Å²) in [4.78, 5) is 11.7. The Balaban J connectivity index is 2.42. The smallest absolute Gasteiger partial charge is 0.251 e. The van der Waals surface area contributed by atoms with Gasteiger partial charge in [0, 0.05) is 18.2 Å². The molecule has 1 rings (SSSR count). The average Bonchev–Trinajstić information content (AvgIpc) is 2.26. The zero-order chi connectivity index (χ0) is 12.8. The largest absolute Gasteiger partial charge is 0.508 e. The number of nitrogens with one attached hydrogen (secondary N) is 1. The van der Waals surface area contributed by atoms with E-state index in [2.05, 4.69) is 19.2 Å². The van der Waals surface area contributed by atoms with Crippen molar-refractivity contribution in [2.45, 2.75) is 26.3 Å². The third-order valence-corrected chi connectivity index (χ3v) is 2.43. The molecule has 94 valence electrons. The number of hydrogen-bond acceptors (Lipinski definition) is 3. The van der Waals surface area contributed by atoms with Gasteiger partial charge in [-0.15, -0.1) is 0 Å². The number of phenols is 1. The molecular weight excluding hydrogens is 216 g/mol. The summed E-state index contributed by atoms with van der Waals surface area (Å²) >= 11 is 0. The molecule has 0 bridgehead atoms. The Bertz CT molecular complexity index is 360. The number of hydrogen-bond donors (Lipinski definition) is 3. The van der Waals surface area contributed by atoms with Crippen LogP contribution in [0.3, 0.4) is 0 Å². The number of phenolic OH excluding ortho intramolecular Hbond substituents is 1. The normalized spacial score (nSPS) is 12.5. The minimum Gasteiger partial charge on any atom is -0.508 e. The van der Waals surface area contributed by atoms with Crippen LogP contribution < -0.4 is 11.1 Å². The van der Waals surface area contributed by atoms with Gasteiger partial charge in [0.2, 0.25) is 0 Å². The van der Waals surface area contributed by atoms with E-state index < -0.39 is 0 Å². The Labute approximate surface area is 102 Å². The fourth-order valence-electron chi connectivity index (χ4n) is 1.63. The van der Waals surface area contributed by atoms with Crippen molar-refractivity contribution < 1.29 is 9.90 Å². The molecule has 0 aliphatic heterocycles. The monoisotopic (exact) mass is 236 g/mol. The molecule has 0 radical (unpaired) electrons. The highest BCUT2D eigenvalue weighted by molar-refractivity contribution is 5.94. The zero-order valence-corrected chi connectivity index (χ0v) is 10.3. The van der Waals surface area contributed by atoms with Crippen molar-refractivity contribution >= 4 is 5.91 Å². The Morgan fingerprint density at radius 3 is 2.47 bits per heavy atom.